The van der Waals surface area contributed by atoms with Gasteiger partial charge in [0.05, 0.1) is 55.7 Å². The molecule has 0 spiro atoms. The molecule has 4 heteroatoms. The molecule has 13 aromatic carbocycles. The SMILES string of the molecule is Cc1ccc2c(c1)c1cc(C)ccc1n2-c1c(-n2c3ccc(-c4ccccc4)cc3c3cc(-c4ccccc4)ccc32)c(-c2ccccc2)c(C#N)c(-c2ccccc2)c1-n1c2ccc(-c3ccccc3)cc2c2cc(-c3ccccc3)ccc21. The van der Waals surface area contributed by atoms with E-state index < -0.39 is 0 Å². The molecule has 0 unspecified atom stereocenters. The third-order valence-corrected chi connectivity index (χ3v) is 17.4. The molecule has 0 fully saturated rings. The molecule has 3 aromatic heterocycles. The van der Waals surface area contributed by atoms with E-state index in [2.05, 4.69) is 325 Å². The quantitative estimate of drug-likeness (QED) is 0.142. The van der Waals surface area contributed by atoms with Crippen molar-refractivity contribution < 1.29 is 0 Å². The van der Waals surface area contributed by atoms with Crippen molar-refractivity contribution in [1.82, 2.24) is 13.7 Å². The van der Waals surface area contributed by atoms with Gasteiger partial charge in [-0.1, -0.05) is 230 Å². The minimum absolute atomic E-state index is 0.576. The minimum Gasteiger partial charge on any atom is -0.306 e. The van der Waals surface area contributed by atoms with Gasteiger partial charge in [-0.05, 0) is 142 Å². The number of aromatic nitrogens is 3. The highest BCUT2D eigenvalue weighted by Gasteiger charge is 2.34. The van der Waals surface area contributed by atoms with Crippen molar-refractivity contribution in [1.29, 1.82) is 5.26 Å². The van der Waals surface area contributed by atoms with Crippen LogP contribution in [0.2, 0.25) is 0 Å². The van der Waals surface area contributed by atoms with Gasteiger partial charge in [-0.3, -0.25) is 0 Å². The van der Waals surface area contributed by atoms with E-state index in [0.717, 1.165) is 149 Å². The van der Waals surface area contributed by atoms with E-state index >= 15 is 0 Å². The lowest BCUT2D eigenvalue weighted by atomic mass is 9.87. The molecular weight excluding hydrogens is 1030 g/mol. The smallest absolute Gasteiger partial charge is 0.101 e. The van der Waals surface area contributed by atoms with Gasteiger partial charge in [0.15, 0.2) is 0 Å². The van der Waals surface area contributed by atoms with Gasteiger partial charge in [-0.25, -0.2) is 0 Å². The first kappa shape index (κ1) is 49.6. The Labute approximate surface area is 493 Å². The van der Waals surface area contributed by atoms with Gasteiger partial charge >= 0.3 is 0 Å². The Morgan fingerprint density at radius 2 is 0.471 bits per heavy atom. The van der Waals surface area contributed by atoms with Crippen LogP contribution >= 0.6 is 0 Å². The van der Waals surface area contributed by atoms with Crippen LogP contribution in [-0.2, 0) is 0 Å². The third kappa shape index (κ3) is 8.05. The predicted molar refractivity (Wildman–Crippen MR) is 356 cm³/mol. The van der Waals surface area contributed by atoms with Crippen LogP contribution in [-0.4, -0.2) is 13.7 Å². The average molecular weight is 1080 g/mol. The van der Waals surface area contributed by atoms with Crippen molar-refractivity contribution in [3.05, 3.63) is 308 Å². The van der Waals surface area contributed by atoms with Crippen molar-refractivity contribution in [3.63, 3.8) is 0 Å². The van der Waals surface area contributed by atoms with Gasteiger partial charge in [-0.15, -0.1) is 0 Å². The maximum Gasteiger partial charge on any atom is 0.101 e. The molecule has 0 aliphatic rings. The Morgan fingerprint density at radius 1 is 0.235 bits per heavy atom. The number of aryl methyl sites for hydroxylation is 2. The molecule has 0 saturated heterocycles. The highest BCUT2D eigenvalue weighted by atomic mass is 15.1. The van der Waals surface area contributed by atoms with Crippen LogP contribution in [0.4, 0.5) is 0 Å². The summed E-state index contributed by atoms with van der Waals surface area (Å²) in [5.74, 6) is 0. The van der Waals surface area contributed by atoms with Crippen molar-refractivity contribution in [2.75, 3.05) is 0 Å². The van der Waals surface area contributed by atoms with Crippen molar-refractivity contribution in [3.8, 4) is 89.9 Å². The molecule has 0 bridgehead atoms. The van der Waals surface area contributed by atoms with E-state index in [4.69, 9.17) is 0 Å². The second kappa shape index (κ2) is 20.0. The van der Waals surface area contributed by atoms with Gasteiger partial charge in [0.1, 0.15) is 6.07 Å². The average Bonchev–Trinajstić information content (AvgIpc) is 1.95. The monoisotopic (exact) mass is 1080 g/mol. The van der Waals surface area contributed by atoms with Gasteiger partial charge in [0.2, 0.25) is 0 Å². The summed E-state index contributed by atoms with van der Waals surface area (Å²) in [6.45, 7) is 4.38. The van der Waals surface area contributed by atoms with Crippen molar-refractivity contribution in [2.24, 2.45) is 0 Å². The maximum atomic E-state index is 12.6. The molecule has 0 radical (unpaired) electrons. The molecule has 0 aliphatic heterocycles. The summed E-state index contributed by atoms with van der Waals surface area (Å²) < 4.78 is 7.54. The van der Waals surface area contributed by atoms with Crippen LogP contribution in [0.25, 0.3) is 149 Å². The van der Waals surface area contributed by atoms with E-state index in [1.54, 1.807) is 0 Å². The van der Waals surface area contributed by atoms with Crippen LogP contribution in [0.5, 0.6) is 0 Å². The fraction of sp³-hybridized carbons (Fsp3) is 0.0247. The first-order chi connectivity index (χ1) is 42.0. The molecule has 16 aromatic rings. The third-order valence-electron chi connectivity index (χ3n) is 17.4. The zero-order valence-corrected chi connectivity index (χ0v) is 47.0. The lowest BCUT2D eigenvalue weighted by Crippen LogP contribution is -2.14. The lowest BCUT2D eigenvalue weighted by Gasteiger charge is -2.29. The van der Waals surface area contributed by atoms with Gasteiger partial charge in [0.25, 0.3) is 0 Å². The summed E-state index contributed by atoms with van der Waals surface area (Å²) in [4.78, 5) is 0. The zero-order valence-electron chi connectivity index (χ0n) is 47.0. The minimum atomic E-state index is 0.576. The first-order valence-corrected chi connectivity index (χ1v) is 29.1. The Balaban J connectivity index is 1.18. The first-order valence-electron chi connectivity index (χ1n) is 29.1. The molecular formula is C81H54N4. The molecule has 0 atom stereocenters. The molecule has 398 valence electrons. The summed E-state index contributed by atoms with van der Waals surface area (Å²) in [5.41, 5.74) is 24.5. The van der Waals surface area contributed by atoms with Crippen LogP contribution in [0.3, 0.4) is 0 Å². The fourth-order valence-electron chi connectivity index (χ4n) is 13.5. The van der Waals surface area contributed by atoms with Crippen LogP contribution in [0, 0.1) is 25.2 Å². The predicted octanol–water partition coefficient (Wildman–Crippen LogP) is 21.5. The molecule has 3 heterocycles. The molecule has 16 rings (SSSR count). The zero-order chi connectivity index (χ0) is 56.7. The van der Waals surface area contributed by atoms with Crippen molar-refractivity contribution in [2.45, 2.75) is 13.8 Å². The number of hydrogen-bond donors (Lipinski definition) is 0. The number of hydrogen-bond acceptors (Lipinski definition) is 1. The fourth-order valence-corrected chi connectivity index (χ4v) is 13.5. The summed E-state index contributed by atoms with van der Waals surface area (Å²) in [7, 11) is 0. The van der Waals surface area contributed by atoms with Gasteiger partial charge < -0.3 is 13.7 Å². The Morgan fingerprint density at radius 3 is 0.741 bits per heavy atom. The normalized spacial score (nSPS) is 11.6. The number of rotatable bonds is 9. The number of fused-ring (bicyclic) bond motifs is 9. The molecule has 0 amide bonds. The second-order valence-corrected chi connectivity index (χ2v) is 22.5. The summed E-state index contributed by atoms with van der Waals surface area (Å²) in [6.07, 6.45) is 0. The molecule has 4 nitrogen and oxygen atoms in total. The van der Waals surface area contributed by atoms with Crippen LogP contribution in [0.1, 0.15) is 16.7 Å². The highest BCUT2D eigenvalue weighted by Crippen LogP contribution is 2.53. The Hall–Kier alpha value is -11.3. The Kier molecular flexibility index (Phi) is 11.7. The summed E-state index contributed by atoms with van der Waals surface area (Å²) in [5, 5.41) is 19.4. The van der Waals surface area contributed by atoms with Crippen LogP contribution in [0.15, 0.2) is 291 Å². The number of nitriles is 1. The number of benzene rings is 13. The number of nitrogens with zero attached hydrogens (tertiary/aromatic N) is 4. The Bertz CT molecular complexity index is 4820. The largest absolute Gasteiger partial charge is 0.306 e. The van der Waals surface area contributed by atoms with Crippen LogP contribution < -0.4 is 0 Å². The maximum absolute atomic E-state index is 12.6. The van der Waals surface area contributed by atoms with E-state index in [1.807, 2.05) is 0 Å². The van der Waals surface area contributed by atoms with E-state index in [9.17, 15) is 5.26 Å². The van der Waals surface area contributed by atoms with E-state index in [1.165, 1.54) is 11.1 Å². The topological polar surface area (TPSA) is 38.6 Å². The standard InChI is InChI=1S/C81H54N4/c1-52-33-39-71-64(45-52)65-46-53(2)34-40-72(65)85(71)81-79(83-73-41-35-60(54-21-9-3-10-22-54)47-66(73)67-48-61(36-42-74(67)83)55-23-11-4-12-24-55)77(58-29-17-7-18-30-58)70(51-82)78(59-31-19-8-20-32-59)80(81)84-75-43-37-62(56-25-13-5-14-26-56)49-68(75)69-50-63(38-44-76(69)84)57-27-15-6-16-28-57/h3-50H,1-2H3. The van der Waals surface area contributed by atoms with E-state index in [0.29, 0.717) is 5.56 Å². The van der Waals surface area contributed by atoms with Crippen molar-refractivity contribution >= 4 is 65.4 Å². The second-order valence-electron chi connectivity index (χ2n) is 22.5. The molecule has 0 saturated carbocycles. The summed E-state index contributed by atoms with van der Waals surface area (Å²) in [6, 6.07) is 109. The highest BCUT2D eigenvalue weighted by molar-refractivity contribution is 6.18. The van der Waals surface area contributed by atoms with Gasteiger partial charge in [0, 0.05) is 43.4 Å². The van der Waals surface area contributed by atoms with Gasteiger partial charge in [-0.2, -0.15) is 5.26 Å². The summed E-state index contributed by atoms with van der Waals surface area (Å²) >= 11 is 0. The molecule has 85 heavy (non-hydrogen) atoms. The molecule has 0 N–H and O–H groups in total. The van der Waals surface area contributed by atoms with E-state index in [-0.39, 0.29) is 0 Å². The molecule has 0 aliphatic carbocycles. The lowest BCUT2D eigenvalue weighted by molar-refractivity contribution is 1.05.